The zero-order valence-corrected chi connectivity index (χ0v) is 9.69. The van der Waals surface area contributed by atoms with Gasteiger partial charge in [-0.2, -0.15) is 0 Å². The minimum absolute atomic E-state index is 0.168. The van der Waals surface area contributed by atoms with Crippen LogP contribution in [0.1, 0.15) is 39.5 Å². The van der Waals surface area contributed by atoms with Gasteiger partial charge in [-0.05, 0) is 38.5 Å². The van der Waals surface area contributed by atoms with Crippen molar-refractivity contribution in [2.24, 2.45) is 5.92 Å². The second kappa shape index (κ2) is 4.61. The summed E-state index contributed by atoms with van der Waals surface area (Å²) >= 11 is 3.56. The van der Waals surface area contributed by atoms with Gasteiger partial charge in [-0.3, -0.25) is 0 Å². The number of ether oxygens (including phenoxy) is 1. The van der Waals surface area contributed by atoms with Gasteiger partial charge < -0.3 is 4.74 Å². The van der Waals surface area contributed by atoms with Crippen LogP contribution in [0.15, 0.2) is 0 Å². The van der Waals surface area contributed by atoms with Gasteiger partial charge in [0.2, 0.25) is 0 Å². The smallest absolute Gasteiger partial charge is 0.0778 e. The molecule has 1 rings (SSSR count). The van der Waals surface area contributed by atoms with Crippen molar-refractivity contribution in [3.63, 3.8) is 0 Å². The van der Waals surface area contributed by atoms with Crippen molar-refractivity contribution in [2.75, 3.05) is 11.9 Å². The molecule has 0 aromatic heterocycles. The summed E-state index contributed by atoms with van der Waals surface area (Å²) in [6.45, 7) is 5.27. The maximum absolute atomic E-state index is 5.82. The predicted octanol–water partition coefficient (Wildman–Crippen LogP) is 3.37. The summed E-state index contributed by atoms with van der Waals surface area (Å²) < 4.78 is 5.82. The third-order valence-electron chi connectivity index (χ3n) is 2.88. The van der Waals surface area contributed by atoms with E-state index in [1.807, 2.05) is 0 Å². The van der Waals surface area contributed by atoms with E-state index in [2.05, 4.69) is 29.8 Å². The first-order valence-electron chi connectivity index (χ1n) is 4.92. The zero-order chi connectivity index (χ0) is 9.03. The number of hydrogen-bond donors (Lipinski definition) is 0. The summed E-state index contributed by atoms with van der Waals surface area (Å²) in [7, 11) is 0. The Kier molecular flexibility index (Phi) is 4.04. The Bertz CT molecular complexity index is 128. The van der Waals surface area contributed by atoms with Gasteiger partial charge in [0.15, 0.2) is 0 Å². The Balaban J connectivity index is 2.45. The summed E-state index contributed by atoms with van der Waals surface area (Å²) in [6.07, 6.45) is 5.11. The van der Waals surface area contributed by atoms with Crippen molar-refractivity contribution < 1.29 is 4.74 Å². The third kappa shape index (κ3) is 2.46. The van der Waals surface area contributed by atoms with Crippen LogP contribution in [-0.4, -0.2) is 17.5 Å². The van der Waals surface area contributed by atoms with Crippen molar-refractivity contribution in [2.45, 2.75) is 45.1 Å². The Morgan fingerprint density at radius 1 is 1.42 bits per heavy atom. The Labute approximate surface area is 84.0 Å². The third-order valence-corrected chi connectivity index (χ3v) is 3.90. The standard InChI is InChI=1S/C10H19BrO/c1-3-12-10(8-11)6-4-9(2)5-7-10/h9H,3-8H2,1-2H3. The van der Waals surface area contributed by atoms with Crippen molar-refractivity contribution >= 4 is 15.9 Å². The number of alkyl halides is 1. The SMILES string of the molecule is CCOC1(CBr)CCC(C)CC1. The molecule has 1 fully saturated rings. The molecule has 0 spiro atoms. The van der Waals surface area contributed by atoms with E-state index in [4.69, 9.17) is 4.74 Å². The van der Waals surface area contributed by atoms with Crippen LogP contribution in [0.3, 0.4) is 0 Å². The number of hydrogen-bond acceptors (Lipinski definition) is 1. The number of rotatable bonds is 3. The fraction of sp³-hybridized carbons (Fsp3) is 1.00. The molecule has 0 bridgehead atoms. The van der Waals surface area contributed by atoms with Crippen molar-refractivity contribution in [3.8, 4) is 0 Å². The lowest BCUT2D eigenvalue weighted by Crippen LogP contribution is -2.38. The quantitative estimate of drug-likeness (QED) is 0.681. The molecule has 0 aromatic carbocycles. The van der Waals surface area contributed by atoms with Crippen molar-refractivity contribution in [3.05, 3.63) is 0 Å². The van der Waals surface area contributed by atoms with Crippen LogP contribution < -0.4 is 0 Å². The molecule has 0 radical (unpaired) electrons. The monoisotopic (exact) mass is 234 g/mol. The second-order valence-corrected chi connectivity index (χ2v) is 4.49. The molecule has 0 aliphatic heterocycles. The molecular weight excluding hydrogens is 216 g/mol. The lowest BCUT2D eigenvalue weighted by molar-refractivity contribution is -0.0527. The van der Waals surface area contributed by atoms with Gasteiger partial charge in [-0.15, -0.1) is 0 Å². The maximum atomic E-state index is 5.82. The van der Waals surface area contributed by atoms with Crippen LogP contribution >= 0.6 is 15.9 Å². The molecule has 0 amide bonds. The lowest BCUT2D eigenvalue weighted by atomic mass is 9.80. The molecule has 0 heterocycles. The van der Waals surface area contributed by atoms with Crippen LogP contribution in [0.2, 0.25) is 0 Å². The van der Waals surface area contributed by atoms with Crippen LogP contribution in [0, 0.1) is 5.92 Å². The molecule has 2 heteroatoms. The maximum Gasteiger partial charge on any atom is 0.0778 e. The van der Waals surface area contributed by atoms with E-state index in [0.717, 1.165) is 17.9 Å². The van der Waals surface area contributed by atoms with Crippen molar-refractivity contribution in [1.82, 2.24) is 0 Å². The lowest BCUT2D eigenvalue weighted by Gasteiger charge is -2.37. The van der Waals surface area contributed by atoms with Gasteiger partial charge in [0.1, 0.15) is 0 Å². The van der Waals surface area contributed by atoms with Crippen LogP contribution in [0.4, 0.5) is 0 Å². The molecule has 1 aliphatic rings. The summed E-state index contributed by atoms with van der Waals surface area (Å²) in [6, 6.07) is 0. The van der Waals surface area contributed by atoms with E-state index < -0.39 is 0 Å². The van der Waals surface area contributed by atoms with Crippen LogP contribution in [0.5, 0.6) is 0 Å². The minimum Gasteiger partial charge on any atom is -0.374 e. The summed E-state index contributed by atoms with van der Waals surface area (Å²) in [5.41, 5.74) is 0.168. The molecule has 1 saturated carbocycles. The van der Waals surface area contributed by atoms with Gasteiger partial charge in [0, 0.05) is 11.9 Å². The fourth-order valence-electron chi connectivity index (χ4n) is 1.91. The summed E-state index contributed by atoms with van der Waals surface area (Å²) in [4.78, 5) is 0. The molecule has 0 aromatic rings. The first kappa shape index (κ1) is 10.5. The molecule has 1 nitrogen and oxygen atoms in total. The first-order chi connectivity index (χ1) is 5.72. The predicted molar refractivity (Wildman–Crippen MR) is 55.8 cm³/mol. The van der Waals surface area contributed by atoms with E-state index in [0.29, 0.717) is 0 Å². The molecule has 12 heavy (non-hydrogen) atoms. The Hall–Kier alpha value is 0.440. The van der Waals surface area contributed by atoms with Gasteiger partial charge in [0.05, 0.1) is 5.60 Å². The van der Waals surface area contributed by atoms with E-state index >= 15 is 0 Å². The Morgan fingerprint density at radius 3 is 2.42 bits per heavy atom. The normalized spacial score (nSPS) is 36.8. The van der Waals surface area contributed by atoms with Gasteiger partial charge in [0.25, 0.3) is 0 Å². The largest absolute Gasteiger partial charge is 0.374 e. The first-order valence-corrected chi connectivity index (χ1v) is 6.04. The van der Waals surface area contributed by atoms with E-state index in [9.17, 15) is 0 Å². The molecule has 0 N–H and O–H groups in total. The topological polar surface area (TPSA) is 9.23 Å². The zero-order valence-electron chi connectivity index (χ0n) is 8.11. The molecule has 0 saturated heterocycles. The highest BCUT2D eigenvalue weighted by Gasteiger charge is 2.33. The van der Waals surface area contributed by atoms with Gasteiger partial charge in [-0.1, -0.05) is 22.9 Å². The highest BCUT2D eigenvalue weighted by atomic mass is 79.9. The van der Waals surface area contributed by atoms with Crippen LogP contribution in [-0.2, 0) is 4.74 Å². The fourth-order valence-corrected chi connectivity index (χ4v) is 2.63. The van der Waals surface area contributed by atoms with Crippen molar-refractivity contribution in [1.29, 1.82) is 0 Å². The number of halogens is 1. The summed E-state index contributed by atoms with van der Waals surface area (Å²) in [5.74, 6) is 0.901. The molecule has 0 atom stereocenters. The van der Waals surface area contributed by atoms with E-state index in [-0.39, 0.29) is 5.60 Å². The van der Waals surface area contributed by atoms with E-state index in [1.165, 1.54) is 25.7 Å². The highest BCUT2D eigenvalue weighted by Crippen LogP contribution is 2.35. The van der Waals surface area contributed by atoms with Crippen LogP contribution in [0.25, 0.3) is 0 Å². The summed E-state index contributed by atoms with van der Waals surface area (Å²) in [5, 5.41) is 1.00. The molecule has 1 aliphatic carbocycles. The van der Waals surface area contributed by atoms with E-state index in [1.54, 1.807) is 0 Å². The second-order valence-electron chi connectivity index (χ2n) is 3.93. The van der Waals surface area contributed by atoms with Gasteiger partial charge >= 0.3 is 0 Å². The molecular formula is C10H19BrO. The molecule has 72 valence electrons. The highest BCUT2D eigenvalue weighted by molar-refractivity contribution is 9.09. The molecule has 0 unspecified atom stereocenters. The average molecular weight is 235 g/mol. The average Bonchev–Trinajstić information content (AvgIpc) is 2.10. The Morgan fingerprint density at radius 2 is 2.00 bits per heavy atom. The minimum atomic E-state index is 0.168. The van der Waals surface area contributed by atoms with Gasteiger partial charge in [-0.25, -0.2) is 0 Å².